The van der Waals surface area contributed by atoms with Gasteiger partial charge in [0.25, 0.3) is 0 Å². The molecule has 2 bridgehead atoms. The molecule has 0 aromatic carbocycles. The van der Waals surface area contributed by atoms with E-state index < -0.39 is 0 Å². The number of hydrogen-bond donors (Lipinski definition) is 0. The minimum Gasteiger partial charge on any atom is -0.365 e. The van der Waals surface area contributed by atoms with Gasteiger partial charge < -0.3 is 4.74 Å². The molecule has 0 saturated carbocycles. The van der Waals surface area contributed by atoms with E-state index in [9.17, 15) is 4.79 Å². The van der Waals surface area contributed by atoms with E-state index in [1.54, 1.807) is 0 Å². The van der Waals surface area contributed by atoms with E-state index in [1.165, 1.54) is 0 Å². The van der Waals surface area contributed by atoms with E-state index in [4.69, 9.17) is 4.74 Å². The van der Waals surface area contributed by atoms with Gasteiger partial charge in [0.2, 0.25) is 0 Å². The Morgan fingerprint density at radius 2 is 1.64 bits per heavy atom. The van der Waals surface area contributed by atoms with E-state index in [1.807, 2.05) is 26.0 Å². The summed E-state index contributed by atoms with van der Waals surface area (Å²) in [4.78, 5) is 11.5. The number of carbonyl (C=O) groups is 1. The van der Waals surface area contributed by atoms with Gasteiger partial charge in [-0.3, -0.25) is 4.79 Å². The molecule has 0 spiro atoms. The fourth-order valence-electron chi connectivity index (χ4n) is 1.80. The summed E-state index contributed by atoms with van der Waals surface area (Å²) in [7, 11) is 0. The van der Waals surface area contributed by atoms with Crippen LogP contribution in [0.15, 0.2) is 12.2 Å². The predicted molar refractivity (Wildman–Crippen MR) is 41.1 cm³/mol. The summed E-state index contributed by atoms with van der Waals surface area (Å²) in [6.07, 6.45) is 4.14. The minimum atomic E-state index is 0.0556. The third-order valence-corrected chi connectivity index (χ3v) is 2.69. The van der Waals surface area contributed by atoms with Crippen molar-refractivity contribution >= 4 is 5.78 Å². The highest BCUT2D eigenvalue weighted by Gasteiger charge is 2.41. The molecule has 11 heavy (non-hydrogen) atoms. The predicted octanol–water partition coefficient (Wildman–Crippen LogP) is 1.16. The number of fused-ring (bicyclic) bond motifs is 2. The molecule has 2 rings (SSSR count). The Balaban J connectivity index is 2.29. The Hall–Kier alpha value is -0.630. The standard InChI is InChI=1S/C9H12O2/c1-5-7-3-4-8(11-7)6(2)9(5)10/h3-8H,1-2H3/t5-,6+,7-,8-/m1/s1. The van der Waals surface area contributed by atoms with Crippen LogP contribution in [0.2, 0.25) is 0 Å². The van der Waals surface area contributed by atoms with Crippen LogP contribution in [0.1, 0.15) is 13.8 Å². The van der Waals surface area contributed by atoms with Gasteiger partial charge in [-0.05, 0) is 0 Å². The van der Waals surface area contributed by atoms with E-state index in [-0.39, 0.29) is 24.0 Å². The lowest BCUT2D eigenvalue weighted by Gasteiger charge is -2.30. The second kappa shape index (κ2) is 2.18. The average molecular weight is 152 g/mol. The van der Waals surface area contributed by atoms with Gasteiger partial charge >= 0.3 is 0 Å². The second-order valence-corrected chi connectivity index (χ2v) is 3.43. The van der Waals surface area contributed by atoms with Crippen molar-refractivity contribution in [2.45, 2.75) is 26.1 Å². The van der Waals surface area contributed by atoms with Crippen molar-refractivity contribution in [2.24, 2.45) is 11.8 Å². The monoisotopic (exact) mass is 152 g/mol. The fraction of sp³-hybridized carbons (Fsp3) is 0.667. The molecule has 0 radical (unpaired) electrons. The summed E-state index contributed by atoms with van der Waals surface area (Å²) in [5.74, 6) is 0.455. The van der Waals surface area contributed by atoms with Gasteiger partial charge in [-0.2, -0.15) is 0 Å². The SMILES string of the molecule is C[C@@H]1C(=O)[C@H](C)[C@H]2C=C[C@H]1O2. The van der Waals surface area contributed by atoms with E-state index in [0.29, 0.717) is 5.78 Å². The molecule has 0 aromatic heterocycles. The lowest BCUT2D eigenvalue weighted by atomic mass is 9.88. The first-order valence-corrected chi connectivity index (χ1v) is 4.07. The molecule has 2 heterocycles. The molecule has 0 amide bonds. The molecule has 2 aliphatic rings. The first kappa shape index (κ1) is 7.04. The van der Waals surface area contributed by atoms with E-state index >= 15 is 0 Å². The Labute approximate surface area is 66.2 Å². The van der Waals surface area contributed by atoms with Gasteiger partial charge in [0.1, 0.15) is 5.78 Å². The second-order valence-electron chi connectivity index (χ2n) is 3.43. The molecule has 1 saturated heterocycles. The highest BCUT2D eigenvalue weighted by atomic mass is 16.5. The van der Waals surface area contributed by atoms with E-state index in [0.717, 1.165) is 0 Å². The van der Waals surface area contributed by atoms with Gasteiger partial charge in [0.05, 0.1) is 12.2 Å². The molecule has 0 aliphatic carbocycles. The van der Waals surface area contributed by atoms with Crippen LogP contribution < -0.4 is 0 Å². The van der Waals surface area contributed by atoms with Gasteiger partial charge in [-0.25, -0.2) is 0 Å². The molecular formula is C9H12O2. The molecule has 2 aliphatic heterocycles. The van der Waals surface area contributed by atoms with Crippen LogP contribution in [-0.2, 0) is 9.53 Å². The Kier molecular flexibility index (Phi) is 1.39. The summed E-state index contributed by atoms with van der Waals surface area (Å²) >= 11 is 0. The zero-order valence-corrected chi connectivity index (χ0v) is 6.78. The zero-order chi connectivity index (χ0) is 8.01. The van der Waals surface area contributed by atoms with Gasteiger partial charge in [-0.15, -0.1) is 0 Å². The van der Waals surface area contributed by atoms with Crippen LogP contribution in [0.25, 0.3) is 0 Å². The zero-order valence-electron chi connectivity index (χ0n) is 6.78. The topological polar surface area (TPSA) is 26.3 Å². The quantitative estimate of drug-likeness (QED) is 0.487. The van der Waals surface area contributed by atoms with Crippen LogP contribution in [-0.4, -0.2) is 18.0 Å². The third kappa shape index (κ3) is 0.857. The third-order valence-electron chi connectivity index (χ3n) is 2.69. The van der Waals surface area contributed by atoms with Crippen molar-refractivity contribution < 1.29 is 9.53 Å². The van der Waals surface area contributed by atoms with Crippen LogP contribution in [0.4, 0.5) is 0 Å². The molecule has 2 nitrogen and oxygen atoms in total. The van der Waals surface area contributed by atoms with Crippen molar-refractivity contribution in [3.63, 3.8) is 0 Å². The van der Waals surface area contributed by atoms with Crippen molar-refractivity contribution in [2.75, 3.05) is 0 Å². The maximum Gasteiger partial charge on any atom is 0.144 e. The average Bonchev–Trinajstić information content (AvgIpc) is 2.44. The van der Waals surface area contributed by atoms with Crippen molar-refractivity contribution in [3.8, 4) is 0 Å². The van der Waals surface area contributed by atoms with E-state index in [2.05, 4.69) is 0 Å². The maximum absolute atomic E-state index is 11.5. The molecule has 1 fully saturated rings. The molecular weight excluding hydrogens is 140 g/mol. The van der Waals surface area contributed by atoms with Crippen LogP contribution in [0.5, 0.6) is 0 Å². The summed E-state index contributed by atoms with van der Waals surface area (Å²) in [5, 5.41) is 0. The summed E-state index contributed by atoms with van der Waals surface area (Å²) in [5.41, 5.74) is 0. The summed E-state index contributed by atoms with van der Waals surface area (Å²) in [6, 6.07) is 0. The molecule has 60 valence electrons. The Morgan fingerprint density at radius 3 is 2.09 bits per heavy atom. The van der Waals surface area contributed by atoms with Crippen molar-refractivity contribution in [1.29, 1.82) is 0 Å². The lowest BCUT2D eigenvalue weighted by Crippen LogP contribution is -2.40. The summed E-state index contributed by atoms with van der Waals surface area (Å²) in [6.45, 7) is 3.88. The number of carbonyl (C=O) groups excluding carboxylic acids is 1. The van der Waals surface area contributed by atoms with Crippen LogP contribution in [0, 0.1) is 11.8 Å². The molecule has 0 unspecified atom stereocenters. The lowest BCUT2D eigenvalue weighted by molar-refractivity contribution is -0.142. The smallest absolute Gasteiger partial charge is 0.144 e. The van der Waals surface area contributed by atoms with Crippen molar-refractivity contribution in [1.82, 2.24) is 0 Å². The Morgan fingerprint density at radius 1 is 1.18 bits per heavy atom. The molecule has 0 N–H and O–H groups in total. The fourth-order valence-corrected chi connectivity index (χ4v) is 1.80. The van der Waals surface area contributed by atoms with Gasteiger partial charge in [0, 0.05) is 11.8 Å². The Bertz CT molecular complexity index is 200. The van der Waals surface area contributed by atoms with Crippen LogP contribution in [0.3, 0.4) is 0 Å². The number of Topliss-reactive ketones (excluding diaryl/α,β-unsaturated/α-hetero) is 1. The number of rotatable bonds is 0. The van der Waals surface area contributed by atoms with Crippen molar-refractivity contribution in [3.05, 3.63) is 12.2 Å². The summed E-state index contributed by atoms with van der Waals surface area (Å²) < 4.78 is 5.56. The number of ether oxygens (including phenoxy) is 1. The highest BCUT2D eigenvalue weighted by Crippen LogP contribution is 2.32. The highest BCUT2D eigenvalue weighted by molar-refractivity contribution is 5.85. The maximum atomic E-state index is 11.5. The molecule has 4 atom stereocenters. The largest absolute Gasteiger partial charge is 0.365 e. The molecule has 2 heteroatoms. The number of hydrogen-bond acceptors (Lipinski definition) is 2. The minimum absolute atomic E-state index is 0.0556. The molecule has 0 aromatic rings. The number of ketones is 1. The first-order valence-electron chi connectivity index (χ1n) is 4.07. The van der Waals surface area contributed by atoms with Gasteiger partial charge in [-0.1, -0.05) is 26.0 Å². The normalized spacial score (nSPS) is 48.4. The van der Waals surface area contributed by atoms with Gasteiger partial charge in [0.15, 0.2) is 0 Å². The van der Waals surface area contributed by atoms with Crippen LogP contribution >= 0.6 is 0 Å². The first-order chi connectivity index (χ1) is 5.20.